The number of rotatable bonds is 5. The minimum atomic E-state index is 0.143. The van der Waals surface area contributed by atoms with E-state index in [2.05, 4.69) is 20.8 Å². The highest BCUT2D eigenvalue weighted by molar-refractivity contribution is 5.76. The molecule has 0 fully saturated rings. The van der Waals surface area contributed by atoms with Crippen molar-refractivity contribution in [2.24, 2.45) is 5.41 Å². The lowest BCUT2D eigenvalue weighted by atomic mass is 9.96. The van der Waals surface area contributed by atoms with Gasteiger partial charge in [0.25, 0.3) is 0 Å². The molecule has 0 aliphatic rings. The van der Waals surface area contributed by atoms with Gasteiger partial charge in [-0.15, -0.1) is 0 Å². The van der Waals surface area contributed by atoms with E-state index in [9.17, 15) is 4.79 Å². The number of aryl methyl sites for hydroxylation is 1. The first-order valence-corrected chi connectivity index (χ1v) is 6.69. The van der Waals surface area contributed by atoms with E-state index in [1.807, 2.05) is 36.2 Å². The lowest BCUT2D eigenvalue weighted by molar-refractivity contribution is -0.131. The first-order chi connectivity index (χ1) is 8.81. The first-order valence-electron chi connectivity index (χ1n) is 6.69. The van der Waals surface area contributed by atoms with Gasteiger partial charge in [-0.25, -0.2) is 0 Å². The number of hydrogen-bond acceptors (Lipinski definition) is 2. The fourth-order valence-electron chi connectivity index (χ4n) is 2.03. The predicted octanol–water partition coefficient (Wildman–Crippen LogP) is 3.13. The average Bonchev–Trinajstić information content (AvgIpc) is 2.34. The van der Waals surface area contributed by atoms with Crippen molar-refractivity contribution >= 4 is 5.91 Å². The van der Waals surface area contributed by atoms with Gasteiger partial charge in [-0.1, -0.05) is 32.9 Å². The first kappa shape index (κ1) is 15.5. The number of carbonyl (C=O) groups is 1. The van der Waals surface area contributed by atoms with Crippen molar-refractivity contribution < 1.29 is 9.53 Å². The summed E-state index contributed by atoms with van der Waals surface area (Å²) in [4.78, 5) is 13.8. The summed E-state index contributed by atoms with van der Waals surface area (Å²) >= 11 is 0. The van der Waals surface area contributed by atoms with Gasteiger partial charge in [0, 0.05) is 20.0 Å². The maximum atomic E-state index is 12.0. The predicted molar refractivity (Wildman–Crippen MR) is 78.4 cm³/mol. The third kappa shape index (κ3) is 5.77. The summed E-state index contributed by atoms with van der Waals surface area (Å²) in [6.45, 7) is 7.20. The summed E-state index contributed by atoms with van der Waals surface area (Å²) in [5.41, 5.74) is 1.31. The summed E-state index contributed by atoms with van der Waals surface area (Å²) in [6, 6.07) is 7.88. The van der Waals surface area contributed by atoms with Gasteiger partial charge < -0.3 is 9.64 Å². The number of methoxy groups -OCH3 is 1. The molecule has 1 amide bonds. The van der Waals surface area contributed by atoms with Crippen LogP contribution in [0.2, 0.25) is 0 Å². The molecule has 0 aliphatic carbocycles. The van der Waals surface area contributed by atoms with Gasteiger partial charge in [0.05, 0.1) is 7.11 Å². The zero-order valence-electron chi connectivity index (χ0n) is 12.7. The number of hydrogen-bond donors (Lipinski definition) is 0. The minimum absolute atomic E-state index is 0.143. The van der Waals surface area contributed by atoms with Crippen molar-refractivity contribution in [2.75, 3.05) is 20.7 Å². The van der Waals surface area contributed by atoms with Gasteiger partial charge in [0.15, 0.2) is 0 Å². The molecule has 1 rings (SSSR count). The SMILES string of the molecule is COc1ccc(CCC(=O)N(C)CC(C)(C)C)cc1. The van der Waals surface area contributed by atoms with Crippen molar-refractivity contribution in [3.8, 4) is 5.75 Å². The van der Waals surface area contributed by atoms with Crippen LogP contribution in [0.15, 0.2) is 24.3 Å². The van der Waals surface area contributed by atoms with Crippen molar-refractivity contribution in [2.45, 2.75) is 33.6 Å². The molecular formula is C16H25NO2. The van der Waals surface area contributed by atoms with Gasteiger partial charge >= 0.3 is 0 Å². The second-order valence-electron chi connectivity index (χ2n) is 6.16. The Hall–Kier alpha value is -1.51. The zero-order chi connectivity index (χ0) is 14.5. The fraction of sp³-hybridized carbons (Fsp3) is 0.562. The third-order valence-corrected chi connectivity index (χ3v) is 2.92. The molecule has 0 atom stereocenters. The molecule has 1 aromatic carbocycles. The van der Waals surface area contributed by atoms with E-state index in [4.69, 9.17) is 4.74 Å². The van der Waals surface area contributed by atoms with Gasteiger partial charge in [0.2, 0.25) is 5.91 Å². The fourth-order valence-corrected chi connectivity index (χ4v) is 2.03. The van der Waals surface area contributed by atoms with Crippen LogP contribution in [0.5, 0.6) is 5.75 Å². The molecule has 106 valence electrons. The summed E-state index contributed by atoms with van der Waals surface area (Å²) in [7, 11) is 3.53. The molecule has 19 heavy (non-hydrogen) atoms. The van der Waals surface area contributed by atoms with Gasteiger partial charge in [-0.05, 0) is 29.5 Å². The number of amides is 1. The van der Waals surface area contributed by atoms with E-state index in [-0.39, 0.29) is 11.3 Å². The number of carbonyl (C=O) groups excluding carboxylic acids is 1. The molecule has 0 bridgehead atoms. The monoisotopic (exact) mass is 263 g/mol. The van der Waals surface area contributed by atoms with Gasteiger partial charge in [-0.3, -0.25) is 4.79 Å². The molecular weight excluding hydrogens is 238 g/mol. The molecule has 0 unspecified atom stereocenters. The van der Waals surface area contributed by atoms with Crippen LogP contribution in [0.25, 0.3) is 0 Å². The second-order valence-corrected chi connectivity index (χ2v) is 6.16. The Labute approximate surface area is 116 Å². The molecule has 0 aliphatic heterocycles. The maximum Gasteiger partial charge on any atom is 0.222 e. The second kappa shape index (κ2) is 6.60. The largest absolute Gasteiger partial charge is 0.497 e. The molecule has 0 saturated carbocycles. The Balaban J connectivity index is 2.45. The van der Waals surface area contributed by atoms with Crippen molar-refractivity contribution in [1.29, 1.82) is 0 Å². The van der Waals surface area contributed by atoms with Crippen molar-refractivity contribution in [3.63, 3.8) is 0 Å². The summed E-state index contributed by atoms with van der Waals surface area (Å²) in [5.74, 6) is 1.05. The molecule has 0 N–H and O–H groups in total. The van der Waals surface area contributed by atoms with Crippen LogP contribution < -0.4 is 4.74 Å². The topological polar surface area (TPSA) is 29.5 Å². The minimum Gasteiger partial charge on any atom is -0.497 e. The van der Waals surface area contributed by atoms with Crippen molar-refractivity contribution in [1.82, 2.24) is 4.90 Å². The quantitative estimate of drug-likeness (QED) is 0.817. The van der Waals surface area contributed by atoms with E-state index in [0.717, 1.165) is 18.7 Å². The van der Waals surface area contributed by atoms with E-state index in [0.29, 0.717) is 6.42 Å². The van der Waals surface area contributed by atoms with Crippen LogP contribution in [0.1, 0.15) is 32.8 Å². The molecule has 1 aromatic rings. The van der Waals surface area contributed by atoms with E-state index >= 15 is 0 Å². The molecule has 0 radical (unpaired) electrons. The Bertz CT molecular complexity index is 404. The van der Waals surface area contributed by atoms with Crippen LogP contribution in [0.4, 0.5) is 0 Å². The summed E-state index contributed by atoms with van der Waals surface area (Å²) in [6.07, 6.45) is 1.33. The Morgan fingerprint density at radius 3 is 2.26 bits per heavy atom. The third-order valence-electron chi connectivity index (χ3n) is 2.92. The number of ether oxygens (including phenoxy) is 1. The maximum absolute atomic E-state index is 12.0. The van der Waals surface area contributed by atoms with Gasteiger partial charge in [-0.2, -0.15) is 0 Å². The molecule has 0 heterocycles. The van der Waals surface area contributed by atoms with Crippen LogP contribution in [0, 0.1) is 5.41 Å². The lowest BCUT2D eigenvalue weighted by Gasteiger charge is -2.26. The van der Waals surface area contributed by atoms with Crippen LogP contribution in [-0.4, -0.2) is 31.5 Å². The Kier molecular flexibility index (Phi) is 5.40. The van der Waals surface area contributed by atoms with E-state index in [1.165, 1.54) is 5.56 Å². The average molecular weight is 263 g/mol. The van der Waals surface area contributed by atoms with Crippen LogP contribution >= 0.6 is 0 Å². The molecule has 3 nitrogen and oxygen atoms in total. The zero-order valence-corrected chi connectivity index (χ0v) is 12.7. The summed E-state index contributed by atoms with van der Waals surface area (Å²) < 4.78 is 5.11. The Morgan fingerprint density at radius 2 is 1.79 bits per heavy atom. The van der Waals surface area contributed by atoms with Gasteiger partial charge in [0.1, 0.15) is 5.75 Å². The molecule has 0 saturated heterocycles. The molecule has 0 aromatic heterocycles. The molecule has 3 heteroatoms. The number of benzene rings is 1. The van der Waals surface area contributed by atoms with Crippen LogP contribution in [-0.2, 0) is 11.2 Å². The van der Waals surface area contributed by atoms with Crippen LogP contribution in [0.3, 0.4) is 0 Å². The standard InChI is InChI=1S/C16H25NO2/c1-16(2,3)12-17(4)15(18)11-8-13-6-9-14(19-5)10-7-13/h6-7,9-10H,8,11-12H2,1-5H3. The highest BCUT2D eigenvalue weighted by Crippen LogP contribution is 2.16. The molecule has 0 spiro atoms. The number of nitrogens with zero attached hydrogens (tertiary/aromatic N) is 1. The highest BCUT2D eigenvalue weighted by Gasteiger charge is 2.17. The Morgan fingerprint density at radius 1 is 1.21 bits per heavy atom. The van der Waals surface area contributed by atoms with E-state index < -0.39 is 0 Å². The van der Waals surface area contributed by atoms with E-state index in [1.54, 1.807) is 7.11 Å². The normalized spacial score (nSPS) is 11.2. The summed E-state index contributed by atoms with van der Waals surface area (Å²) in [5, 5.41) is 0. The highest BCUT2D eigenvalue weighted by atomic mass is 16.5. The lowest BCUT2D eigenvalue weighted by Crippen LogP contribution is -2.34. The van der Waals surface area contributed by atoms with Crippen molar-refractivity contribution in [3.05, 3.63) is 29.8 Å². The smallest absolute Gasteiger partial charge is 0.222 e.